The van der Waals surface area contributed by atoms with E-state index in [2.05, 4.69) is 10.6 Å². The first-order valence-corrected chi connectivity index (χ1v) is 7.45. The summed E-state index contributed by atoms with van der Waals surface area (Å²) in [6.07, 6.45) is 6.61. The summed E-state index contributed by atoms with van der Waals surface area (Å²) in [7, 11) is 1.76. The molecule has 0 atom stereocenters. The number of carbonyl (C=O) groups is 1. The van der Waals surface area contributed by atoms with E-state index < -0.39 is 0 Å². The van der Waals surface area contributed by atoms with E-state index in [1.54, 1.807) is 7.05 Å². The van der Waals surface area contributed by atoms with Crippen molar-refractivity contribution >= 4 is 5.91 Å². The summed E-state index contributed by atoms with van der Waals surface area (Å²) >= 11 is 0. The number of nitrogens with one attached hydrogen (secondary N) is 2. The first-order valence-electron chi connectivity index (χ1n) is 7.45. The van der Waals surface area contributed by atoms with Crippen LogP contribution in [0.2, 0.25) is 0 Å². The molecule has 1 saturated carbocycles. The van der Waals surface area contributed by atoms with Crippen molar-refractivity contribution in [1.82, 2.24) is 10.6 Å². The minimum atomic E-state index is 0.00929. The molecule has 0 aliphatic heterocycles. The van der Waals surface area contributed by atoms with Crippen LogP contribution in [0.1, 0.15) is 37.7 Å². The van der Waals surface area contributed by atoms with Crippen LogP contribution in [0.5, 0.6) is 5.75 Å². The van der Waals surface area contributed by atoms with Crippen LogP contribution in [0.25, 0.3) is 0 Å². The van der Waals surface area contributed by atoms with Crippen molar-refractivity contribution in [3.8, 4) is 5.75 Å². The highest BCUT2D eigenvalue weighted by Gasteiger charge is 2.14. The summed E-state index contributed by atoms with van der Waals surface area (Å²) in [4.78, 5) is 11.3. The van der Waals surface area contributed by atoms with E-state index in [-0.39, 0.29) is 5.91 Å². The van der Waals surface area contributed by atoms with Crippen LogP contribution < -0.4 is 15.4 Å². The van der Waals surface area contributed by atoms with E-state index in [1.807, 2.05) is 24.3 Å². The molecule has 0 spiro atoms. The normalized spacial score (nSPS) is 15.8. The third-order valence-corrected chi connectivity index (χ3v) is 3.61. The zero-order chi connectivity index (χ0) is 14.2. The van der Waals surface area contributed by atoms with Gasteiger partial charge < -0.3 is 15.4 Å². The lowest BCUT2D eigenvalue weighted by Gasteiger charge is -2.23. The van der Waals surface area contributed by atoms with Crippen molar-refractivity contribution in [2.24, 2.45) is 0 Å². The average Bonchev–Trinajstić information content (AvgIpc) is 2.48. The fourth-order valence-corrected chi connectivity index (χ4v) is 2.49. The number of hydrogen-bond acceptors (Lipinski definition) is 3. The van der Waals surface area contributed by atoms with Crippen molar-refractivity contribution in [1.29, 1.82) is 0 Å². The quantitative estimate of drug-likeness (QED) is 0.837. The summed E-state index contributed by atoms with van der Waals surface area (Å²) < 4.78 is 5.98. The molecule has 110 valence electrons. The predicted octanol–water partition coefficient (Wildman–Crippen LogP) is 2.23. The molecule has 0 bridgehead atoms. The Balaban J connectivity index is 1.78. The lowest BCUT2D eigenvalue weighted by atomic mass is 9.98. The lowest BCUT2D eigenvalue weighted by molar-refractivity contribution is -0.120. The molecule has 20 heavy (non-hydrogen) atoms. The predicted molar refractivity (Wildman–Crippen MR) is 79.7 cm³/mol. The molecule has 1 amide bonds. The minimum Gasteiger partial charge on any atom is -0.490 e. The number of likely N-dealkylation sites (N-methyl/N-ethyl adjacent to an activating group) is 1. The van der Waals surface area contributed by atoms with E-state index in [9.17, 15) is 4.79 Å². The molecule has 0 unspecified atom stereocenters. The van der Waals surface area contributed by atoms with Crippen LogP contribution in [0, 0.1) is 0 Å². The Hall–Kier alpha value is -1.55. The van der Waals surface area contributed by atoms with Gasteiger partial charge in [0.05, 0.1) is 12.6 Å². The first-order chi connectivity index (χ1) is 9.78. The average molecular weight is 276 g/mol. The number of ether oxygens (including phenoxy) is 1. The van der Waals surface area contributed by atoms with Crippen LogP contribution in [0.4, 0.5) is 0 Å². The third-order valence-electron chi connectivity index (χ3n) is 3.61. The maximum atomic E-state index is 11.3. The molecular formula is C16H24N2O2. The van der Waals surface area contributed by atoms with E-state index in [0.29, 0.717) is 19.2 Å². The summed E-state index contributed by atoms with van der Waals surface area (Å²) in [5.41, 5.74) is 1.09. The number of rotatable bonds is 6. The van der Waals surface area contributed by atoms with Crippen molar-refractivity contribution < 1.29 is 9.53 Å². The highest BCUT2D eigenvalue weighted by molar-refractivity contribution is 5.77. The van der Waals surface area contributed by atoms with Crippen LogP contribution in [0.15, 0.2) is 24.3 Å². The molecule has 2 rings (SSSR count). The highest BCUT2D eigenvalue weighted by Crippen LogP contribution is 2.23. The van der Waals surface area contributed by atoms with E-state index >= 15 is 0 Å². The second kappa shape index (κ2) is 7.90. The maximum Gasteiger partial charge on any atom is 0.234 e. The van der Waals surface area contributed by atoms with Gasteiger partial charge in [0.2, 0.25) is 5.91 Å². The van der Waals surface area contributed by atoms with Gasteiger partial charge >= 0.3 is 0 Å². The molecular weight excluding hydrogens is 252 g/mol. The Labute approximate surface area is 120 Å². The summed E-state index contributed by atoms with van der Waals surface area (Å²) in [5.74, 6) is 0.942. The third kappa shape index (κ3) is 4.85. The number of benzene rings is 1. The topological polar surface area (TPSA) is 50.4 Å². The number of amides is 1. The van der Waals surface area contributed by atoms with Crippen molar-refractivity contribution in [3.05, 3.63) is 29.8 Å². The summed E-state index contributed by atoms with van der Waals surface area (Å²) in [6.45, 7) is 0.910. The van der Waals surface area contributed by atoms with Gasteiger partial charge in [0.1, 0.15) is 5.75 Å². The van der Waals surface area contributed by atoms with Crippen molar-refractivity contribution in [3.63, 3.8) is 0 Å². The van der Waals surface area contributed by atoms with Gasteiger partial charge in [-0.2, -0.15) is 0 Å². The number of hydrogen-bond donors (Lipinski definition) is 2. The lowest BCUT2D eigenvalue weighted by Crippen LogP contribution is -2.31. The molecule has 1 aliphatic rings. The van der Waals surface area contributed by atoms with Crippen molar-refractivity contribution in [2.45, 2.75) is 44.8 Å². The van der Waals surface area contributed by atoms with Gasteiger partial charge in [0.25, 0.3) is 0 Å². The largest absolute Gasteiger partial charge is 0.490 e. The molecule has 0 saturated heterocycles. The molecule has 0 aromatic heterocycles. The summed E-state index contributed by atoms with van der Waals surface area (Å²) in [5, 5.41) is 5.68. The Morgan fingerprint density at radius 1 is 1.20 bits per heavy atom. The molecule has 0 heterocycles. The van der Waals surface area contributed by atoms with E-state index in [1.165, 1.54) is 32.1 Å². The van der Waals surface area contributed by atoms with Crippen LogP contribution >= 0.6 is 0 Å². The number of carbonyl (C=O) groups excluding carboxylic acids is 1. The van der Waals surface area contributed by atoms with Crippen LogP contribution in [-0.2, 0) is 11.3 Å². The standard InChI is InChI=1S/C16H24N2O2/c1-17-12-16(19)18-11-13-7-9-15(10-8-13)20-14-5-3-2-4-6-14/h7-10,14,17H,2-6,11-12H2,1H3,(H,18,19). The maximum absolute atomic E-state index is 11.3. The molecule has 4 nitrogen and oxygen atoms in total. The van der Waals surface area contributed by atoms with Crippen molar-refractivity contribution in [2.75, 3.05) is 13.6 Å². The molecule has 1 aromatic carbocycles. The molecule has 1 fully saturated rings. The van der Waals surface area contributed by atoms with Gasteiger partial charge in [-0.3, -0.25) is 4.79 Å². The van der Waals surface area contributed by atoms with E-state index in [0.717, 1.165) is 11.3 Å². The Kier molecular flexibility index (Phi) is 5.87. The minimum absolute atomic E-state index is 0.00929. The van der Waals surface area contributed by atoms with Gasteiger partial charge in [-0.25, -0.2) is 0 Å². The second-order valence-corrected chi connectivity index (χ2v) is 5.33. The van der Waals surface area contributed by atoms with Crippen LogP contribution in [-0.4, -0.2) is 25.6 Å². The molecule has 0 radical (unpaired) electrons. The van der Waals surface area contributed by atoms with Crippen LogP contribution in [0.3, 0.4) is 0 Å². The summed E-state index contributed by atoms with van der Waals surface area (Å²) in [6, 6.07) is 8.01. The Bertz CT molecular complexity index is 411. The molecule has 1 aliphatic carbocycles. The van der Waals surface area contributed by atoms with Gasteiger partial charge in [-0.05, 0) is 50.4 Å². The fourth-order valence-electron chi connectivity index (χ4n) is 2.49. The zero-order valence-corrected chi connectivity index (χ0v) is 12.2. The zero-order valence-electron chi connectivity index (χ0n) is 12.2. The van der Waals surface area contributed by atoms with E-state index in [4.69, 9.17) is 4.74 Å². The van der Waals surface area contributed by atoms with Gasteiger partial charge in [0.15, 0.2) is 0 Å². The highest BCUT2D eigenvalue weighted by atomic mass is 16.5. The molecule has 4 heteroatoms. The fraction of sp³-hybridized carbons (Fsp3) is 0.562. The molecule has 2 N–H and O–H groups in total. The van der Waals surface area contributed by atoms with Gasteiger partial charge in [-0.15, -0.1) is 0 Å². The first kappa shape index (κ1) is 14.9. The Morgan fingerprint density at radius 2 is 1.90 bits per heavy atom. The van der Waals surface area contributed by atoms with Gasteiger partial charge in [-0.1, -0.05) is 18.6 Å². The SMILES string of the molecule is CNCC(=O)NCc1ccc(OC2CCCCC2)cc1. The molecule has 1 aromatic rings. The smallest absolute Gasteiger partial charge is 0.234 e. The van der Waals surface area contributed by atoms with Gasteiger partial charge in [0, 0.05) is 6.54 Å². The monoisotopic (exact) mass is 276 g/mol. The Morgan fingerprint density at radius 3 is 2.55 bits per heavy atom. The second-order valence-electron chi connectivity index (χ2n) is 5.33.